The van der Waals surface area contributed by atoms with Crippen molar-refractivity contribution in [2.75, 3.05) is 30.8 Å². The fraction of sp³-hybridized carbons (Fsp3) is 0.533. The summed E-state index contributed by atoms with van der Waals surface area (Å²) < 4.78 is 0. The van der Waals surface area contributed by atoms with Gasteiger partial charge in [-0.25, -0.2) is 0 Å². The minimum atomic E-state index is 0.0419. The van der Waals surface area contributed by atoms with Crippen LogP contribution in [0.25, 0.3) is 0 Å². The molecule has 2 heterocycles. The molecule has 1 fully saturated rings. The maximum absolute atomic E-state index is 11.4. The lowest BCUT2D eigenvalue weighted by molar-refractivity contribution is -0.115. The first-order valence-corrected chi connectivity index (χ1v) is 7.57. The van der Waals surface area contributed by atoms with Gasteiger partial charge in [-0.3, -0.25) is 4.79 Å². The molecule has 0 aromatic heterocycles. The molecular formula is C15H20ClN3O. The van der Waals surface area contributed by atoms with Gasteiger partial charge in [-0.15, -0.1) is 0 Å². The summed E-state index contributed by atoms with van der Waals surface area (Å²) in [5.41, 5.74) is 2.81. The predicted molar refractivity (Wildman–Crippen MR) is 82.5 cm³/mol. The van der Waals surface area contributed by atoms with Gasteiger partial charge in [0, 0.05) is 18.3 Å². The zero-order chi connectivity index (χ0) is 14.1. The van der Waals surface area contributed by atoms with E-state index in [-0.39, 0.29) is 5.91 Å². The highest BCUT2D eigenvalue weighted by Gasteiger charge is 2.21. The summed E-state index contributed by atoms with van der Waals surface area (Å²) >= 11 is 6.28. The average Bonchev–Trinajstić information content (AvgIpc) is 2.76. The highest BCUT2D eigenvalue weighted by molar-refractivity contribution is 6.33. The molecule has 0 bridgehead atoms. The van der Waals surface area contributed by atoms with E-state index in [0.29, 0.717) is 17.5 Å². The summed E-state index contributed by atoms with van der Waals surface area (Å²) in [6.45, 7) is 2.07. The van der Waals surface area contributed by atoms with E-state index in [1.165, 1.54) is 25.8 Å². The molecule has 2 aliphatic rings. The number of carbonyl (C=O) groups is 1. The summed E-state index contributed by atoms with van der Waals surface area (Å²) in [5, 5.41) is 6.93. The molecule has 0 radical (unpaired) electrons. The molecule has 1 atom stereocenters. The van der Waals surface area contributed by atoms with Gasteiger partial charge in [0.05, 0.1) is 17.1 Å². The van der Waals surface area contributed by atoms with Crippen LogP contribution in [0.3, 0.4) is 0 Å². The van der Waals surface area contributed by atoms with Crippen LogP contribution in [-0.4, -0.2) is 37.0 Å². The van der Waals surface area contributed by atoms with Crippen LogP contribution < -0.4 is 10.6 Å². The molecule has 5 heteroatoms. The van der Waals surface area contributed by atoms with Crippen LogP contribution in [0, 0.1) is 0 Å². The average molecular weight is 294 g/mol. The molecule has 1 aromatic rings. The number of piperidine rings is 1. The summed E-state index contributed by atoms with van der Waals surface area (Å²) in [6.07, 6.45) is 4.27. The molecule has 1 aromatic carbocycles. The molecular weight excluding hydrogens is 274 g/mol. The fourth-order valence-corrected chi connectivity index (χ4v) is 3.24. The first-order valence-electron chi connectivity index (χ1n) is 7.20. The Bertz CT molecular complexity index is 532. The van der Waals surface area contributed by atoms with Crippen molar-refractivity contribution < 1.29 is 4.79 Å². The lowest BCUT2D eigenvalue weighted by atomic mass is 10.0. The van der Waals surface area contributed by atoms with E-state index in [1.54, 1.807) is 0 Å². The fourth-order valence-electron chi connectivity index (χ4n) is 3.01. The first kappa shape index (κ1) is 13.7. The topological polar surface area (TPSA) is 44.4 Å². The Kier molecular flexibility index (Phi) is 3.85. The van der Waals surface area contributed by atoms with Crippen molar-refractivity contribution in [3.8, 4) is 0 Å². The van der Waals surface area contributed by atoms with E-state index < -0.39 is 0 Å². The first-order chi connectivity index (χ1) is 9.63. The Hall–Kier alpha value is -1.26. The minimum absolute atomic E-state index is 0.0419. The molecule has 1 unspecified atom stereocenters. The van der Waals surface area contributed by atoms with Crippen LogP contribution in [0.2, 0.25) is 5.02 Å². The Balaban J connectivity index is 1.69. The number of benzene rings is 1. The van der Waals surface area contributed by atoms with Crippen molar-refractivity contribution in [3.63, 3.8) is 0 Å². The van der Waals surface area contributed by atoms with E-state index in [1.807, 2.05) is 12.1 Å². The molecule has 2 N–H and O–H groups in total. The number of nitrogens with one attached hydrogen (secondary N) is 2. The lowest BCUT2D eigenvalue weighted by Crippen LogP contribution is -2.40. The molecule has 3 rings (SSSR count). The van der Waals surface area contributed by atoms with E-state index in [0.717, 1.165) is 23.5 Å². The van der Waals surface area contributed by atoms with Crippen LogP contribution in [0.15, 0.2) is 12.1 Å². The van der Waals surface area contributed by atoms with Crippen molar-refractivity contribution in [2.24, 2.45) is 0 Å². The molecule has 1 amide bonds. The van der Waals surface area contributed by atoms with Gasteiger partial charge in [0.2, 0.25) is 5.91 Å². The van der Waals surface area contributed by atoms with Gasteiger partial charge < -0.3 is 15.5 Å². The molecule has 108 valence electrons. The predicted octanol–water partition coefficient (Wildman–Crippen LogP) is 2.73. The number of rotatable bonds is 3. The summed E-state index contributed by atoms with van der Waals surface area (Å²) in [7, 11) is 2.18. The summed E-state index contributed by atoms with van der Waals surface area (Å²) in [4.78, 5) is 13.8. The number of fused-ring (bicyclic) bond motifs is 1. The van der Waals surface area contributed by atoms with Gasteiger partial charge in [-0.1, -0.05) is 18.0 Å². The van der Waals surface area contributed by atoms with Crippen LogP contribution in [0.1, 0.15) is 24.8 Å². The second-order valence-corrected chi connectivity index (χ2v) is 6.13. The van der Waals surface area contributed by atoms with Crippen molar-refractivity contribution in [3.05, 3.63) is 22.7 Å². The Morgan fingerprint density at radius 2 is 2.30 bits per heavy atom. The van der Waals surface area contributed by atoms with Gasteiger partial charge in [0.25, 0.3) is 0 Å². The number of likely N-dealkylation sites (tertiary alicyclic amines) is 1. The Labute approximate surface area is 124 Å². The number of nitrogens with zero attached hydrogens (tertiary/aromatic N) is 1. The molecule has 2 aliphatic heterocycles. The zero-order valence-electron chi connectivity index (χ0n) is 11.7. The zero-order valence-corrected chi connectivity index (χ0v) is 12.5. The molecule has 1 saturated heterocycles. The van der Waals surface area contributed by atoms with Gasteiger partial charge in [0.1, 0.15) is 0 Å². The summed E-state index contributed by atoms with van der Waals surface area (Å²) in [5.74, 6) is 0.0419. The van der Waals surface area contributed by atoms with Crippen molar-refractivity contribution in [1.29, 1.82) is 0 Å². The summed E-state index contributed by atoms with van der Waals surface area (Å²) in [6, 6.07) is 4.40. The van der Waals surface area contributed by atoms with Crippen LogP contribution in [0.4, 0.5) is 11.4 Å². The van der Waals surface area contributed by atoms with Crippen molar-refractivity contribution in [1.82, 2.24) is 4.90 Å². The van der Waals surface area contributed by atoms with E-state index in [9.17, 15) is 4.79 Å². The minimum Gasteiger partial charge on any atom is -0.382 e. The number of halogens is 1. The number of hydrogen-bond donors (Lipinski definition) is 2. The van der Waals surface area contributed by atoms with Gasteiger partial charge in [-0.05, 0) is 44.1 Å². The normalized spacial score (nSPS) is 22.5. The third-order valence-corrected chi connectivity index (χ3v) is 4.58. The second kappa shape index (κ2) is 5.62. The van der Waals surface area contributed by atoms with E-state index in [2.05, 4.69) is 22.6 Å². The standard InChI is InChI=1S/C15H20ClN3O/c1-19-5-3-2-4-11(19)9-17-14-6-10-7-15(20)18-13(10)8-12(14)16/h6,8,11,17H,2-5,7,9H2,1H3,(H,18,20). The molecule has 0 saturated carbocycles. The maximum atomic E-state index is 11.4. The second-order valence-electron chi connectivity index (χ2n) is 5.73. The van der Waals surface area contributed by atoms with Crippen LogP contribution in [0.5, 0.6) is 0 Å². The monoisotopic (exact) mass is 293 g/mol. The molecule has 4 nitrogen and oxygen atoms in total. The number of carbonyl (C=O) groups excluding carboxylic acids is 1. The number of amides is 1. The van der Waals surface area contributed by atoms with E-state index in [4.69, 9.17) is 11.6 Å². The van der Waals surface area contributed by atoms with Crippen LogP contribution >= 0.6 is 11.6 Å². The third kappa shape index (κ3) is 2.76. The Morgan fingerprint density at radius 3 is 3.10 bits per heavy atom. The molecule has 20 heavy (non-hydrogen) atoms. The van der Waals surface area contributed by atoms with E-state index >= 15 is 0 Å². The molecule has 0 spiro atoms. The SMILES string of the molecule is CN1CCCCC1CNc1cc2c(cc1Cl)NC(=O)C2. The van der Waals surface area contributed by atoms with Crippen molar-refractivity contribution >= 4 is 28.9 Å². The lowest BCUT2D eigenvalue weighted by Gasteiger charge is -2.32. The molecule has 0 aliphatic carbocycles. The highest BCUT2D eigenvalue weighted by atomic mass is 35.5. The number of hydrogen-bond acceptors (Lipinski definition) is 3. The third-order valence-electron chi connectivity index (χ3n) is 4.27. The maximum Gasteiger partial charge on any atom is 0.228 e. The highest BCUT2D eigenvalue weighted by Crippen LogP contribution is 2.33. The van der Waals surface area contributed by atoms with Gasteiger partial charge in [0.15, 0.2) is 0 Å². The number of likely N-dealkylation sites (N-methyl/N-ethyl adjacent to an activating group) is 1. The van der Waals surface area contributed by atoms with Gasteiger partial charge >= 0.3 is 0 Å². The Morgan fingerprint density at radius 1 is 1.45 bits per heavy atom. The van der Waals surface area contributed by atoms with Crippen molar-refractivity contribution in [2.45, 2.75) is 31.7 Å². The smallest absolute Gasteiger partial charge is 0.228 e. The van der Waals surface area contributed by atoms with Gasteiger partial charge in [-0.2, -0.15) is 0 Å². The number of anilines is 2. The van der Waals surface area contributed by atoms with Crippen LogP contribution in [-0.2, 0) is 11.2 Å². The quantitative estimate of drug-likeness (QED) is 0.901. The largest absolute Gasteiger partial charge is 0.382 e.